The van der Waals surface area contributed by atoms with Crippen molar-refractivity contribution in [3.63, 3.8) is 0 Å². The van der Waals surface area contributed by atoms with Gasteiger partial charge in [-0.25, -0.2) is 4.79 Å². The molecule has 4 N–H and O–H groups in total. The number of carbonyl (C=O) groups excluding carboxylic acids is 2. The zero-order valence-corrected chi connectivity index (χ0v) is 7.21. The smallest absolute Gasteiger partial charge is 0.404 e. The molecule has 8 heteroatoms. The molecule has 0 spiro atoms. The van der Waals surface area contributed by atoms with Crippen molar-refractivity contribution < 1.29 is 14.3 Å². The first-order valence-corrected chi connectivity index (χ1v) is 3.72. The van der Waals surface area contributed by atoms with Crippen LogP contribution in [0.25, 0.3) is 0 Å². The summed E-state index contributed by atoms with van der Waals surface area (Å²) in [4.78, 5) is 22.0. The first-order chi connectivity index (χ1) is 6.59. The first-order valence-electron chi connectivity index (χ1n) is 3.72. The Morgan fingerprint density at radius 2 is 2.21 bits per heavy atom. The topological polar surface area (TPSA) is 126 Å². The Hall–Kier alpha value is -2.12. The van der Waals surface area contributed by atoms with E-state index < -0.39 is 12.0 Å². The molecule has 0 saturated carbocycles. The van der Waals surface area contributed by atoms with Gasteiger partial charge in [0.05, 0.1) is 12.7 Å². The summed E-state index contributed by atoms with van der Waals surface area (Å²) in [5, 5.41) is 7.41. The van der Waals surface area contributed by atoms with Crippen LogP contribution < -0.4 is 11.5 Å². The van der Waals surface area contributed by atoms with Gasteiger partial charge in [-0.15, -0.1) is 5.10 Å². The molecule has 1 aromatic rings. The Bertz CT molecular complexity index is 347. The van der Waals surface area contributed by atoms with Gasteiger partial charge in [0.2, 0.25) is 0 Å². The maximum absolute atomic E-state index is 10.6. The predicted molar refractivity (Wildman–Crippen MR) is 44.1 cm³/mol. The lowest BCUT2D eigenvalue weighted by Crippen LogP contribution is -2.18. The summed E-state index contributed by atoms with van der Waals surface area (Å²) in [5.74, 6) is -0.660. The zero-order chi connectivity index (χ0) is 10.6. The molecule has 8 nitrogen and oxygen atoms in total. The minimum atomic E-state index is -0.868. The predicted octanol–water partition coefficient (Wildman–Crippen LogP) is -1.53. The van der Waals surface area contributed by atoms with E-state index >= 15 is 0 Å². The quantitative estimate of drug-likeness (QED) is 0.608. The highest BCUT2D eigenvalue weighted by Gasteiger charge is 2.05. The van der Waals surface area contributed by atoms with E-state index in [1.54, 1.807) is 0 Å². The molecule has 1 rings (SSSR count). The van der Waals surface area contributed by atoms with E-state index in [2.05, 4.69) is 14.9 Å². The van der Waals surface area contributed by atoms with Gasteiger partial charge in [-0.2, -0.15) is 9.90 Å². The van der Waals surface area contributed by atoms with Gasteiger partial charge in [-0.3, -0.25) is 4.79 Å². The van der Waals surface area contributed by atoms with E-state index in [9.17, 15) is 9.59 Å². The van der Waals surface area contributed by atoms with Crippen molar-refractivity contribution in [2.45, 2.75) is 6.54 Å². The van der Waals surface area contributed by atoms with Gasteiger partial charge in [0.1, 0.15) is 6.61 Å². The number of hydrogen-bond donors (Lipinski definition) is 2. The van der Waals surface area contributed by atoms with Crippen LogP contribution in [0.2, 0.25) is 0 Å². The van der Waals surface area contributed by atoms with Crippen molar-refractivity contribution in [2.75, 3.05) is 6.61 Å². The fraction of sp³-hybridized carbons (Fsp3) is 0.333. The molecule has 14 heavy (non-hydrogen) atoms. The largest absolute Gasteiger partial charge is 0.448 e. The van der Waals surface area contributed by atoms with Crippen LogP contribution in [0, 0.1) is 0 Å². The van der Waals surface area contributed by atoms with Gasteiger partial charge in [0, 0.05) is 0 Å². The van der Waals surface area contributed by atoms with Crippen molar-refractivity contribution >= 4 is 12.0 Å². The zero-order valence-electron chi connectivity index (χ0n) is 7.21. The Morgan fingerprint density at radius 1 is 1.50 bits per heavy atom. The molecule has 1 heterocycles. The lowest BCUT2D eigenvalue weighted by atomic mass is 10.5. The van der Waals surface area contributed by atoms with E-state index in [4.69, 9.17) is 11.5 Å². The summed E-state index contributed by atoms with van der Waals surface area (Å²) in [6.07, 6.45) is 0.361. The van der Waals surface area contributed by atoms with Crippen LogP contribution in [-0.4, -0.2) is 33.6 Å². The molecule has 0 atom stereocenters. The third-order valence-electron chi connectivity index (χ3n) is 1.32. The third-order valence-corrected chi connectivity index (χ3v) is 1.32. The second-order valence-corrected chi connectivity index (χ2v) is 2.36. The van der Waals surface area contributed by atoms with Crippen molar-refractivity contribution in [2.24, 2.45) is 11.5 Å². The summed E-state index contributed by atoms with van der Waals surface area (Å²) in [7, 11) is 0. The second kappa shape index (κ2) is 4.21. The van der Waals surface area contributed by atoms with Crippen molar-refractivity contribution in [3.05, 3.63) is 11.9 Å². The standard InChI is InChI=1S/C6H9N5O3/c7-5(12)4-3-9-11(10-4)1-2-14-6(8)13/h3H,1-2H2,(H2,7,12)(H2,8,13). The molecule has 0 saturated heterocycles. The van der Waals surface area contributed by atoms with E-state index in [1.807, 2.05) is 0 Å². The first kappa shape index (κ1) is 9.96. The van der Waals surface area contributed by atoms with Crippen molar-refractivity contribution in [3.8, 4) is 0 Å². The molecule has 76 valence electrons. The number of amides is 2. The van der Waals surface area contributed by atoms with Crippen LogP contribution >= 0.6 is 0 Å². The number of nitrogens with zero attached hydrogens (tertiary/aromatic N) is 3. The van der Waals surface area contributed by atoms with Crippen LogP contribution in [0.15, 0.2) is 6.20 Å². The SMILES string of the molecule is NC(=O)OCCn1ncc(C(N)=O)n1. The van der Waals surface area contributed by atoms with Gasteiger partial charge in [-0.1, -0.05) is 0 Å². The highest BCUT2D eigenvalue weighted by Crippen LogP contribution is 1.89. The van der Waals surface area contributed by atoms with Gasteiger partial charge in [0.15, 0.2) is 5.69 Å². The molecule has 2 amide bonds. The molecule has 0 aromatic carbocycles. The minimum absolute atomic E-state index is 0.0439. The van der Waals surface area contributed by atoms with Crippen LogP contribution in [-0.2, 0) is 11.3 Å². The van der Waals surface area contributed by atoms with Crippen LogP contribution in [0.3, 0.4) is 0 Å². The molecular formula is C6H9N5O3. The second-order valence-electron chi connectivity index (χ2n) is 2.36. The molecule has 0 bridgehead atoms. The van der Waals surface area contributed by atoms with Crippen LogP contribution in [0.4, 0.5) is 4.79 Å². The lowest BCUT2D eigenvalue weighted by Gasteiger charge is -1.99. The fourth-order valence-corrected chi connectivity index (χ4v) is 0.746. The van der Waals surface area contributed by atoms with Crippen molar-refractivity contribution in [1.82, 2.24) is 15.0 Å². The summed E-state index contributed by atoms with van der Waals surface area (Å²) >= 11 is 0. The molecule has 0 aliphatic heterocycles. The normalized spacial score (nSPS) is 9.71. The van der Waals surface area contributed by atoms with Gasteiger partial charge >= 0.3 is 6.09 Å². The summed E-state index contributed by atoms with van der Waals surface area (Å²) < 4.78 is 4.44. The molecule has 0 fully saturated rings. The highest BCUT2D eigenvalue weighted by atomic mass is 16.5. The number of ether oxygens (including phenoxy) is 1. The summed E-state index contributed by atoms with van der Waals surface area (Å²) in [5.41, 5.74) is 9.73. The van der Waals surface area contributed by atoms with Crippen molar-refractivity contribution in [1.29, 1.82) is 0 Å². The maximum Gasteiger partial charge on any atom is 0.404 e. The summed E-state index contributed by atoms with van der Waals surface area (Å²) in [6, 6.07) is 0. The van der Waals surface area contributed by atoms with Gasteiger partial charge < -0.3 is 16.2 Å². The average molecular weight is 199 g/mol. The molecule has 0 aliphatic carbocycles. The Kier molecular flexibility index (Phi) is 3.00. The number of rotatable bonds is 4. The Balaban J connectivity index is 2.44. The number of primary amides is 2. The van der Waals surface area contributed by atoms with E-state index in [1.165, 1.54) is 11.0 Å². The fourth-order valence-electron chi connectivity index (χ4n) is 0.746. The number of nitrogens with two attached hydrogens (primary N) is 2. The number of aromatic nitrogens is 3. The maximum atomic E-state index is 10.6. The average Bonchev–Trinajstić information content (AvgIpc) is 2.52. The minimum Gasteiger partial charge on any atom is -0.448 e. The molecule has 0 unspecified atom stereocenters. The molecule has 1 aromatic heterocycles. The molecule has 0 aliphatic rings. The highest BCUT2D eigenvalue weighted by molar-refractivity contribution is 5.90. The van der Waals surface area contributed by atoms with Gasteiger partial charge in [-0.05, 0) is 0 Å². The molecular weight excluding hydrogens is 190 g/mol. The van der Waals surface area contributed by atoms with Gasteiger partial charge in [0.25, 0.3) is 5.91 Å². The summed E-state index contributed by atoms with van der Waals surface area (Å²) in [6.45, 7) is 0.262. The number of hydrogen-bond acceptors (Lipinski definition) is 5. The lowest BCUT2D eigenvalue weighted by molar-refractivity contribution is 0.0993. The van der Waals surface area contributed by atoms with E-state index in [0.717, 1.165) is 0 Å². The Labute approximate surface area is 78.8 Å². The Morgan fingerprint density at radius 3 is 2.71 bits per heavy atom. The van der Waals surface area contributed by atoms with Crippen LogP contribution in [0.1, 0.15) is 10.5 Å². The van der Waals surface area contributed by atoms with E-state index in [-0.39, 0.29) is 18.8 Å². The third kappa shape index (κ3) is 2.73. The van der Waals surface area contributed by atoms with E-state index in [0.29, 0.717) is 0 Å². The molecule has 0 radical (unpaired) electrons. The number of carbonyl (C=O) groups is 2. The monoisotopic (exact) mass is 199 g/mol. The van der Waals surface area contributed by atoms with Crippen LogP contribution in [0.5, 0.6) is 0 Å².